The maximum atomic E-state index is 12.2. The summed E-state index contributed by atoms with van der Waals surface area (Å²) in [5.74, 6) is -1.80. The van der Waals surface area contributed by atoms with E-state index in [9.17, 15) is 9.59 Å². The number of hydrogen-bond acceptors (Lipinski definition) is 5. The van der Waals surface area contributed by atoms with Gasteiger partial charge >= 0.3 is 11.9 Å². The van der Waals surface area contributed by atoms with E-state index in [0.29, 0.717) is 6.42 Å². The molecule has 0 saturated carbocycles. The van der Waals surface area contributed by atoms with Gasteiger partial charge in [-0.1, -0.05) is 13.8 Å². The van der Waals surface area contributed by atoms with Gasteiger partial charge in [0.25, 0.3) is 0 Å². The lowest BCUT2D eigenvalue weighted by Gasteiger charge is -2.28. The molecule has 0 radical (unpaired) electrons. The number of methoxy groups -OCH3 is 1. The Balaban J connectivity index is 5.07. The molecule has 5 heteroatoms. The van der Waals surface area contributed by atoms with Gasteiger partial charge in [-0.05, 0) is 33.1 Å². The molecule has 0 aromatic carbocycles. The van der Waals surface area contributed by atoms with Crippen molar-refractivity contribution in [2.24, 2.45) is 23.5 Å². The summed E-state index contributed by atoms with van der Waals surface area (Å²) in [6, 6.07) is 0. The second-order valence-corrected chi connectivity index (χ2v) is 6.13. The third-order valence-corrected chi connectivity index (χ3v) is 2.68. The van der Waals surface area contributed by atoms with E-state index in [1.165, 1.54) is 7.11 Å². The predicted octanol–water partition coefficient (Wildman–Crippen LogP) is 1.74. The van der Waals surface area contributed by atoms with E-state index < -0.39 is 23.4 Å². The van der Waals surface area contributed by atoms with Crippen LogP contribution in [-0.4, -0.2) is 31.2 Å². The molecule has 19 heavy (non-hydrogen) atoms. The van der Waals surface area contributed by atoms with Crippen LogP contribution < -0.4 is 5.73 Å². The summed E-state index contributed by atoms with van der Waals surface area (Å²) >= 11 is 0. The maximum absolute atomic E-state index is 12.2. The minimum Gasteiger partial charge on any atom is -0.469 e. The van der Waals surface area contributed by atoms with E-state index in [1.807, 2.05) is 13.8 Å². The van der Waals surface area contributed by atoms with Gasteiger partial charge in [-0.15, -0.1) is 0 Å². The van der Waals surface area contributed by atoms with Crippen LogP contribution in [0.1, 0.15) is 41.0 Å². The fourth-order valence-electron chi connectivity index (χ4n) is 1.89. The number of hydrogen-bond donors (Lipinski definition) is 1. The fourth-order valence-corrected chi connectivity index (χ4v) is 1.89. The number of ether oxygens (including phenoxy) is 2. The zero-order valence-corrected chi connectivity index (χ0v) is 12.9. The summed E-state index contributed by atoms with van der Waals surface area (Å²) in [7, 11) is 1.30. The average molecular weight is 273 g/mol. The Hall–Kier alpha value is -1.10. The summed E-state index contributed by atoms with van der Waals surface area (Å²) in [6.45, 7) is 9.44. The van der Waals surface area contributed by atoms with Crippen LogP contribution in [0.25, 0.3) is 0 Å². The lowest BCUT2D eigenvalue weighted by molar-refractivity contribution is -0.168. The van der Waals surface area contributed by atoms with Gasteiger partial charge in [0.2, 0.25) is 0 Å². The molecule has 0 fully saturated rings. The molecule has 2 N–H and O–H groups in total. The van der Waals surface area contributed by atoms with Gasteiger partial charge in [0.05, 0.1) is 18.9 Å². The molecule has 112 valence electrons. The first-order valence-corrected chi connectivity index (χ1v) is 6.63. The zero-order valence-electron chi connectivity index (χ0n) is 12.9. The highest BCUT2D eigenvalue weighted by Gasteiger charge is 2.36. The van der Waals surface area contributed by atoms with Crippen LogP contribution in [0.15, 0.2) is 0 Å². The zero-order chi connectivity index (χ0) is 15.2. The van der Waals surface area contributed by atoms with E-state index >= 15 is 0 Å². The van der Waals surface area contributed by atoms with Crippen molar-refractivity contribution in [1.29, 1.82) is 0 Å². The van der Waals surface area contributed by atoms with Crippen molar-refractivity contribution < 1.29 is 19.1 Å². The van der Waals surface area contributed by atoms with E-state index in [-0.39, 0.29) is 18.4 Å². The number of rotatable bonds is 6. The molecule has 0 aromatic heterocycles. The molecule has 0 saturated heterocycles. The molecule has 0 aliphatic carbocycles. The van der Waals surface area contributed by atoms with E-state index in [1.54, 1.807) is 20.8 Å². The highest BCUT2D eigenvalue weighted by molar-refractivity contribution is 5.82. The molecule has 2 atom stereocenters. The van der Waals surface area contributed by atoms with E-state index in [4.69, 9.17) is 15.2 Å². The van der Waals surface area contributed by atoms with Gasteiger partial charge in [-0.2, -0.15) is 0 Å². The Morgan fingerprint density at radius 3 is 1.95 bits per heavy atom. The third-order valence-electron chi connectivity index (χ3n) is 2.68. The molecular weight excluding hydrogens is 246 g/mol. The normalized spacial score (nSPS) is 14.9. The van der Waals surface area contributed by atoms with Crippen LogP contribution in [-0.2, 0) is 19.1 Å². The van der Waals surface area contributed by atoms with Gasteiger partial charge in [0.15, 0.2) is 0 Å². The second kappa shape index (κ2) is 7.48. The van der Waals surface area contributed by atoms with Crippen molar-refractivity contribution in [3.63, 3.8) is 0 Å². The molecule has 0 amide bonds. The number of nitrogens with two attached hydrogens (primary N) is 1. The van der Waals surface area contributed by atoms with Crippen molar-refractivity contribution in [3.05, 3.63) is 0 Å². The van der Waals surface area contributed by atoms with Crippen molar-refractivity contribution in [2.75, 3.05) is 13.7 Å². The molecule has 0 aliphatic heterocycles. The minimum atomic E-state index is -0.651. The smallest absolute Gasteiger partial charge is 0.310 e. The first kappa shape index (κ1) is 17.9. The van der Waals surface area contributed by atoms with Crippen LogP contribution in [0, 0.1) is 17.8 Å². The highest BCUT2D eigenvalue weighted by Crippen LogP contribution is 2.25. The Morgan fingerprint density at radius 2 is 1.63 bits per heavy atom. The van der Waals surface area contributed by atoms with E-state index in [2.05, 4.69) is 0 Å². The number of carbonyl (C=O) groups excluding carboxylic acids is 2. The highest BCUT2D eigenvalue weighted by atomic mass is 16.6. The largest absolute Gasteiger partial charge is 0.469 e. The molecule has 0 bridgehead atoms. The molecule has 0 rings (SSSR count). The molecule has 0 aliphatic rings. The maximum Gasteiger partial charge on any atom is 0.310 e. The van der Waals surface area contributed by atoms with Crippen LogP contribution in [0.4, 0.5) is 0 Å². The topological polar surface area (TPSA) is 78.6 Å². The van der Waals surface area contributed by atoms with Crippen molar-refractivity contribution in [1.82, 2.24) is 0 Å². The monoisotopic (exact) mass is 273 g/mol. The van der Waals surface area contributed by atoms with Gasteiger partial charge in [-0.3, -0.25) is 9.59 Å². The third kappa shape index (κ3) is 6.57. The lowest BCUT2D eigenvalue weighted by Crippen LogP contribution is -2.40. The molecule has 0 aromatic rings. The summed E-state index contributed by atoms with van der Waals surface area (Å²) in [5.41, 5.74) is 5.04. The average Bonchev–Trinajstić information content (AvgIpc) is 2.25. The minimum absolute atomic E-state index is 0.0727. The molecule has 0 unspecified atom stereocenters. The van der Waals surface area contributed by atoms with Crippen LogP contribution in [0.3, 0.4) is 0 Å². The van der Waals surface area contributed by atoms with Gasteiger partial charge < -0.3 is 15.2 Å². The Morgan fingerprint density at radius 1 is 1.11 bits per heavy atom. The second-order valence-electron chi connectivity index (χ2n) is 6.13. The Kier molecular flexibility index (Phi) is 7.05. The van der Waals surface area contributed by atoms with Crippen LogP contribution in [0.2, 0.25) is 0 Å². The summed E-state index contributed by atoms with van der Waals surface area (Å²) < 4.78 is 10.1. The SMILES string of the molecule is COC(=O)[C@H](CN)[C@@H](CC(C)C)C(=O)OC(C)(C)C. The molecule has 0 spiro atoms. The van der Waals surface area contributed by atoms with Crippen molar-refractivity contribution in [3.8, 4) is 0 Å². The standard InChI is InChI=1S/C14H27NO4/c1-9(2)7-10(11(8-15)12(16)18-6)13(17)19-14(3,4)5/h9-11H,7-8,15H2,1-6H3/t10-,11-/m1/s1. The number of esters is 2. The molecular formula is C14H27NO4. The van der Waals surface area contributed by atoms with Crippen LogP contribution >= 0.6 is 0 Å². The quantitative estimate of drug-likeness (QED) is 0.746. The van der Waals surface area contributed by atoms with Crippen LogP contribution in [0.5, 0.6) is 0 Å². The molecule has 0 heterocycles. The van der Waals surface area contributed by atoms with Crippen molar-refractivity contribution >= 4 is 11.9 Å². The predicted molar refractivity (Wildman–Crippen MR) is 73.4 cm³/mol. The first-order chi connectivity index (χ1) is 8.62. The van der Waals surface area contributed by atoms with E-state index in [0.717, 1.165) is 0 Å². The Bertz CT molecular complexity index is 307. The Labute approximate surface area is 115 Å². The first-order valence-electron chi connectivity index (χ1n) is 6.63. The summed E-state index contributed by atoms with van der Waals surface area (Å²) in [6.07, 6.45) is 0.548. The van der Waals surface area contributed by atoms with Crippen molar-refractivity contribution in [2.45, 2.75) is 46.6 Å². The lowest BCUT2D eigenvalue weighted by atomic mass is 9.85. The van der Waals surface area contributed by atoms with Gasteiger partial charge in [0, 0.05) is 6.54 Å². The fraction of sp³-hybridized carbons (Fsp3) is 0.857. The molecule has 5 nitrogen and oxygen atoms in total. The van der Waals surface area contributed by atoms with Gasteiger partial charge in [0.1, 0.15) is 5.60 Å². The van der Waals surface area contributed by atoms with Gasteiger partial charge in [-0.25, -0.2) is 0 Å². The number of carbonyl (C=O) groups is 2. The summed E-state index contributed by atoms with van der Waals surface area (Å²) in [5, 5.41) is 0. The summed E-state index contributed by atoms with van der Waals surface area (Å²) in [4.78, 5) is 24.0.